The van der Waals surface area contributed by atoms with Crippen LogP contribution >= 0.6 is 0 Å². The van der Waals surface area contributed by atoms with Gasteiger partial charge in [-0.05, 0) is 25.1 Å². The lowest BCUT2D eigenvalue weighted by molar-refractivity contribution is 0.211. The molecule has 2 aromatic rings. The highest BCUT2D eigenvalue weighted by Gasteiger charge is 2.48. The molecule has 0 spiro atoms. The lowest BCUT2D eigenvalue weighted by Gasteiger charge is -2.18. The van der Waals surface area contributed by atoms with Gasteiger partial charge in [-0.15, -0.1) is 0 Å². The Morgan fingerprint density at radius 1 is 1.20 bits per heavy atom. The first-order chi connectivity index (χ1) is 14.2. The van der Waals surface area contributed by atoms with Crippen LogP contribution in [0.4, 0.5) is 20.6 Å². The highest BCUT2D eigenvalue weighted by atomic mass is 32.2. The molecule has 3 heterocycles. The van der Waals surface area contributed by atoms with E-state index >= 15 is 0 Å². The number of aromatic nitrogens is 1. The summed E-state index contributed by atoms with van der Waals surface area (Å²) in [7, 11) is -1.90. The van der Waals surface area contributed by atoms with Crippen LogP contribution in [0.3, 0.4) is 0 Å². The summed E-state index contributed by atoms with van der Waals surface area (Å²) < 4.78 is 47.1. The minimum Gasteiger partial charge on any atom is -0.489 e. The number of halogens is 1. The summed E-state index contributed by atoms with van der Waals surface area (Å²) in [6.07, 6.45) is 1.65. The fourth-order valence-electron chi connectivity index (χ4n) is 3.68. The van der Waals surface area contributed by atoms with Crippen LogP contribution < -0.4 is 15.4 Å². The summed E-state index contributed by atoms with van der Waals surface area (Å²) in [6, 6.07) is 6.65. The molecule has 1 aromatic heterocycles. The number of urea groups is 1. The molecule has 2 amide bonds. The van der Waals surface area contributed by atoms with Gasteiger partial charge in [0.1, 0.15) is 17.7 Å². The number of likely N-dealkylation sites (N-methyl/N-ethyl adjacent to an activating group) is 1. The number of fused-ring (bicyclic) bond motifs is 1. The SMILES string of the molecule is Cc1ccc(NC(=O)Nc2cc(F)cc(O[C@@H]3C[C@H]4CN(C)S(=O)(=O)N4C3)c2)cn1. The van der Waals surface area contributed by atoms with E-state index in [-0.39, 0.29) is 30.1 Å². The van der Waals surface area contributed by atoms with Crippen molar-refractivity contribution in [3.05, 3.63) is 48.0 Å². The van der Waals surface area contributed by atoms with Crippen molar-refractivity contribution >= 4 is 27.6 Å². The molecule has 2 saturated heterocycles. The number of hydrogen-bond donors (Lipinski definition) is 2. The molecule has 4 rings (SSSR count). The van der Waals surface area contributed by atoms with Crippen molar-refractivity contribution in [3.8, 4) is 5.75 Å². The van der Waals surface area contributed by atoms with Gasteiger partial charge in [0.15, 0.2) is 0 Å². The molecule has 2 atom stereocenters. The minimum atomic E-state index is -3.45. The standard InChI is InChI=1S/C19H22FN5O4S/c1-12-3-4-14(9-21-12)22-19(26)23-15-5-13(20)6-17(7-15)29-18-8-16-10-24(2)30(27,28)25(16)11-18/h3-7,9,16,18H,8,10-11H2,1-2H3,(H2,22,23,26)/t16-,18+/m0/s1. The molecule has 2 aliphatic rings. The maximum Gasteiger partial charge on any atom is 0.323 e. The number of carbonyl (C=O) groups is 1. The topological polar surface area (TPSA) is 104 Å². The van der Waals surface area contributed by atoms with Crippen molar-refractivity contribution in [2.45, 2.75) is 25.5 Å². The number of nitrogens with one attached hydrogen (secondary N) is 2. The zero-order chi connectivity index (χ0) is 21.5. The van der Waals surface area contributed by atoms with Crippen LogP contribution in [0.2, 0.25) is 0 Å². The molecule has 2 fully saturated rings. The Morgan fingerprint density at radius 2 is 1.97 bits per heavy atom. The largest absolute Gasteiger partial charge is 0.489 e. The van der Waals surface area contributed by atoms with Crippen molar-refractivity contribution in [1.82, 2.24) is 13.6 Å². The summed E-state index contributed by atoms with van der Waals surface area (Å²) in [5.41, 5.74) is 1.54. The highest BCUT2D eigenvalue weighted by Crippen LogP contribution is 2.32. The maximum atomic E-state index is 14.1. The Hall–Kier alpha value is -2.76. The molecule has 0 bridgehead atoms. The van der Waals surface area contributed by atoms with E-state index in [1.54, 1.807) is 19.2 Å². The molecule has 30 heavy (non-hydrogen) atoms. The second-order valence-electron chi connectivity index (χ2n) is 7.43. The van der Waals surface area contributed by atoms with Gasteiger partial charge < -0.3 is 15.4 Å². The lowest BCUT2D eigenvalue weighted by atomic mass is 10.2. The van der Waals surface area contributed by atoms with Crippen molar-refractivity contribution < 1.29 is 22.3 Å². The van der Waals surface area contributed by atoms with Gasteiger partial charge in [0.25, 0.3) is 10.2 Å². The third-order valence-electron chi connectivity index (χ3n) is 5.09. The number of anilines is 2. The molecule has 0 radical (unpaired) electrons. The average molecular weight is 435 g/mol. The van der Waals surface area contributed by atoms with E-state index in [4.69, 9.17) is 4.74 Å². The van der Waals surface area contributed by atoms with Crippen LogP contribution in [0.1, 0.15) is 12.1 Å². The van der Waals surface area contributed by atoms with E-state index in [2.05, 4.69) is 15.6 Å². The first-order valence-corrected chi connectivity index (χ1v) is 10.8. The van der Waals surface area contributed by atoms with E-state index in [1.165, 1.54) is 33.0 Å². The fraction of sp³-hybridized carbons (Fsp3) is 0.368. The van der Waals surface area contributed by atoms with Crippen molar-refractivity contribution in [1.29, 1.82) is 0 Å². The summed E-state index contributed by atoms with van der Waals surface area (Å²) in [4.78, 5) is 16.3. The molecule has 1 aromatic carbocycles. The number of nitrogens with zero attached hydrogens (tertiary/aromatic N) is 3. The zero-order valence-corrected chi connectivity index (χ0v) is 17.3. The van der Waals surface area contributed by atoms with Gasteiger partial charge in [0, 0.05) is 49.6 Å². The summed E-state index contributed by atoms with van der Waals surface area (Å²) in [5.74, 6) is -0.357. The van der Waals surface area contributed by atoms with Gasteiger partial charge >= 0.3 is 6.03 Å². The van der Waals surface area contributed by atoms with Crippen LogP contribution in [-0.2, 0) is 10.2 Å². The Bertz CT molecular complexity index is 1060. The monoisotopic (exact) mass is 435 g/mol. The van der Waals surface area contributed by atoms with Gasteiger partial charge in [-0.2, -0.15) is 17.0 Å². The Balaban J connectivity index is 1.40. The molecular formula is C19H22FN5O4S. The van der Waals surface area contributed by atoms with Crippen LogP contribution in [0.15, 0.2) is 36.5 Å². The minimum absolute atomic E-state index is 0.148. The Morgan fingerprint density at radius 3 is 2.67 bits per heavy atom. The third kappa shape index (κ3) is 4.23. The van der Waals surface area contributed by atoms with Gasteiger partial charge in [-0.25, -0.2) is 9.18 Å². The highest BCUT2D eigenvalue weighted by molar-refractivity contribution is 7.87. The molecule has 2 aliphatic heterocycles. The number of ether oxygens (including phenoxy) is 1. The number of aryl methyl sites for hydroxylation is 1. The molecule has 2 N–H and O–H groups in total. The van der Waals surface area contributed by atoms with E-state index in [9.17, 15) is 17.6 Å². The lowest BCUT2D eigenvalue weighted by Crippen LogP contribution is -2.34. The molecular weight excluding hydrogens is 413 g/mol. The van der Waals surface area contributed by atoms with Crippen molar-refractivity contribution in [3.63, 3.8) is 0 Å². The maximum absolute atomic E-state index is 14.1. The Kier molecular flexibility index (Phi) is 5.35. The van der Waals surface area contributed by atoms with E-state index in [0.29, 0.717) is 18.7 Å². The molecule has 9 nitrogen and oxygen atoms in total. The van der Waals surface area contributed by atoms with Crippen molar-refractivity contribution in [2.24, 2.45) is 0 Å². The molecule has 0 saturated carbocycles. The van der Waals surface area contributed by atoms with E-state index in [0.717, 1.165) is 5.69 Å². The number of pyridine rings is 1. The third-order valence-corrected chi connectivity index (χ3v) is 7.06. The molecule has 11 heteroatoms. The Labute approximate surface area is 174 Å². The van der Waals surface area contributed by atoms with Gasteiger partial charge in [-0.3, -0.25) is 4.98 Å². The van der Waals surface area contributed by atoms with E-state index in [1.807, 2.05) is 6.92 Å². The zero-order valence-electron chi connectivity index (χ0n) is 16.5. The average Bonchev–Trinajstić information content (AvgIpc) is 3.14. The van der Waals surface area contributed by atoms with Gasteiger partial charge in [-0.1, -0.05) is 0 Å². The van der Waals surface area contributed by atoms with Crippen LogP contribution in [0.5, 0.6) is 5.75 Å². The van der Waals surface area contributed by atoms with Crippen LogP contribution in [-0.4, -0.2) is 60.3 Å². The number of rotatable bonds is 4. The van der Waals surface area contributed by atoms with E-state index < -0.39 is 22.1 Å². The number of hydrogen-bond acceptors (Lipinski definition) is 5. The predicted octanol–water partition coefficient (Wildman–Crippen LogP) is 2.19. The number of carbonyl (C=O) groups excluding carboxylic acids is 1. The van der Waals surface area contributed by atoms with Crippen LogP contribution in [0.25, 0.3) is 0 Å². The summed E-state index contributed by atoms with van der Waals surface area (Å²) >= 11 is 0. The second kappa shape index (κ2) is 7.82. The number of benzene rings is 1. The van der Waals surface area contributed by atoms with Crippen molar-refractivity contribution in [2.75, 3.05) is 30.8 Å². The quantitative estimate of drug-likeness (QED) is 0.766. The first-order valence-electron chi connectivity index (χ1n) is 9.42. The summed E-state index contributed by atoms with van der Waals surface area (Å²) in [5, 5.41) is 5.17. The normalized spacial score (nSPS) is 23.2. The molecule has 0 unspecified atom stereocenters. The number of amides is 2. The smallest absolute Gasteiger partial charge is 0.323 e. The molecule has 0 aliphatic carbocycles. The second-order valence-corrected chi connectivity index (χ2v) is 9.42. The van der Waals surface area contributed by atoms with Gasteiger partial charge in [0.2, 0.25) is 0 Å². The fourth-order valence-corrected chi connectivity index (χ4v) is 5.28. The predicted molar refractivity (Wildman–Crippen MR) is 109 cm³/mol. The van der Waals surface area contributed by atoms with Gasteiger partial charge in [0.05, 0.1) is 18.4 Å². The van der Waals surface area contributed by atoms with Crippen LogP contribution in [0, 0.1) is 12.7 Å². The first kappa shape index (κ1) is 20.5. The molecule has 160 valence electrons. The summed E-state index contributed by atoms with van der Waals surface area (Å²) in [6.45, 7) is 2.45.